The van der Waals surface area contributed by atoms with Crippen LogP contribution in [0.5, 0.6) is 0 Å². The van der Waals surface area contributed by atoms with Gasteiger partial charge in [0.2, 0.25) is 0 Å². The minimum absolute atomic E-state index is 0.0870. The number of urea groups is 1. The van der Waals surface area contributed by atoms with E-state index in [1.54, 1.807) is 4.90 Å². The fourth-order valence-corrected chi connectivity index (χ4v) is 4.04. The molecule has 1 N–H and O–H groups in total. The molecule has 0 spiro atoms. The maximum absolute atomic E-state index is 12.2. The third-order valence-electron chi connectivity index (χ3n) is 5.74. The summed E-state index contributed by atoms with van der Waals surface area (Å²) in [4.78, 5) is 18.3. The van der Waals surface area contributed by atoms with Gasteiger partial charge in [0.15, 0.2) is 0 Å². The van der Waals surface area contributed by atoms with E-state index in [2.05, 4.69) is 28.4 Å². The second-order valence-corrected chi connectivity index (χ2v) is 7.61. The van der Waals surface area contributed by atoms with Crippen LogP contribution >= 0.6 is 0 Å². The van der Waals surface area contributed by atoms with Gasteiger partial charge < -0.3 is 24.6 Å². The minimum Gasteiger partial charge on any atom is -0.376 e. The summed E-state index contributed by atoms with van der Waals surface area (Å²) in [5.41, 5.74) is 2.20. The molecule has 2 amide bonds. The molecule has 1 unspecified atom stereocenters. The average Bonchev–Trinajstić information content (AvgIpc) is 3.06. The van der Waals surface area contributed by atoms with Crippen LogP contribution in [0.4, 0.5) is 16.2 Å². The molecule has 7 heteroatoms. The summed E-state index contributed by atoms with van der Waals surface area (Å²) in [7, 11) is 1.86. The van der Waals surface area contributed by atoms with E-state index in [0.717, 1.165) is 51.3 Å². The molecule has 1 atom stereocenters. The van der Waals surface area contributed by atoms with Crippen LogP contribution in [0.25, 0.3) is 0 Å². The Morgan fingerprint density at radius 3 is 2.63 bits per heavy atom. The van der Waals surface area contributed by atoms with Crippen LogP contribution in [-0.4, -0.2) is 82.7 Å². The molecule has 148 valence electrons. The number of amides is 2. The molecule has 0 radical (unpaired) electrons. The van der Waals surface area contributed by atoms with Crippen molar-refractivity contribution in [1.29, 1.82) is 0 Å². The lowest BCUT2D eigenvalue weighted by Crippen LogP contribution is -2.46. The number of carbonyl (C=O) groups excluding carboxylic acids is 1. The summed E-state index contributed by atoms with van der Waals surface area (Å²) in [5.74, 6) is 0. The topological polar surface area (TPSA) is 57.3 Å². The lowest BCUT2D eigenvalue weighted by atomic mass is 10.0. The van der Waals surface area contributed by atoms with Crippen molar-refractivity contribution in [3.63, 3.8) is 0 Å². The molecule has 7 nitrogen and oxygen atoms in total. The van der Waals surface area contributed by atoms with Crippen LogP contribution in [0.15, 0.2) is 24.3 Å². The highest BCUT2D eigenvalue weighted by atomic mass is 16.6. The van der Waals surface area contributed by atoms with E-state index in [0.29, 0.717) is 25.9 Å². The Kier molecular flexibility index (Phi) is 5.80. The summed E-state index contributed by atoms with van der Waals surface area (Å²) in [6, 6.07) is 9.00. The van der Waals surface area contributed by atoms with E-state index >= 15 is 0 Å². The highest BCUT2D eigenvalue weighted by Crippen LogP contribution is 2.27. The summed E-state index contributed by atoms with van der Waals surface area (Å²) < 4.78 is 11.2. The Bertz CT molecular complexity index is 642. The van der Waals surface area contributed by atoms with Crippen molar-refractivity contribution in [3.8, 4) is 0 Å². The number of rotatable bonds is 5. The fourth-order valence-electron chi connectivity index (χ4n) is 4.04. The van der Waals surface area contributed by atoms with Gasteiger partial charge in [-0.2, -0.15) is 0 Å². The first-order valence-electron chi connectivity index (χ1n) is 10.0. The number of hydrogen-bond acceptors (Lipinski definition) is 5. The summed E-state index contributed by atoms with van der Waals surface area (Å²) in [6.45, 7) is 6.58. The van der Waals surface area contributed by atoms with Gasteiger partial charge in [-0.25, -0.2) is 4.79 Å². The predicted molar refractivity (Wildman–Crippen MR) is 106 cm³/mol. The van der Waals surface area contributed by atoms with Crippen molar-refractivity contribution in [2.45, 2.75) is 25.0 Å². The molecule has 3 fully saturated rings. The van der Waals surface area contributed by atoms with Gasteiger partial charge in [-0.3, -0.25) is 4.90 Å². The molecule has 1 aromatic carbocycles. The summed E-state index contributed by atoms with van der Waals surface area (Å²) in [5, 5.41) is 3.64. The number of piperidine rings is 1. The van der Waals surface area contributed by atoms with Crippen molar-refractivity contribution in [2.75, 3.05) is 69.4 Å². The Labute approximate surface area is 161 Å². The van der Waals surface area contributed by atoms with Gasteiger partial charge in [-0.1, -0.05) is 6.07 Å². The van der Waals surface area contributed by atoms with E-state index < -0.39 is 0 Å². The maximum atomic E-state index is 12.2. The summed E-state index contributed by atoms with van der Waals surface area (Å²) >= 11 is 0. The highest BCUT2D eigenvalue weighted by Gasteiger charge is 2.27. The van der Waals surface area contributed by atoms with Crippen molar-refractivity contribution >= 4 is 17.4 Å². The lowest BCUT2D eigenvalue weighted by Gasteiger charge is -2.35. The molecule has 0 aliphatic carbocycles. The van der Waals surface area contributed by atoms with Crippen molar-refractivity contribution < 1.29 is 14.3 Å². The van der Waals surface area contributed by atoms with Crippen LogP contribution in [0.1, 0.15) is 12.8 Å². The smallest absolute Gasteiger partial charge is 0.324 e. The molecule has 3 aliphatic heterocycles. The van der Waals surface area contributed by atoms with E-state index in [1.807, 2.05) is 18.0 Å². The first-order chi connectivity index (χ1) is 13.2. The largest absolute Gasteiger partial charge is 0.376 e. The van der Waals surface area contributed by atoms with Crippen LogP contribution in [0.2, 0.25) is 0 Å². The number of nitrogens with one attached hydrogen (secondary N) is 1. The van der Waals surface area contributed by atoms with Gasteiger partial charge in [-0.05, 0) is 31.0 Å². The quantitative estimate of drug-likeness (QED) is 0.847. The highest BCUT2D eigenvalue weighted by molar-refractivity contribution is 5.94. The van der Waals surface area contributed by atoms with Gasteiger partial charge in [-0.15, -0.1) is 0 Å². The minimum atomic E-state index is 0.0870. The van der Waals surface area contributed by atoms with Gasteiger partial charge in [0.05, 0.1) is 25.9 Å². The first kappa shape index (κ1) is 18.5. The molecular formula is C20H30N4O3. The Morgan fingerprint density at radius 2 is 1.93 bits per heavy atom. The van der Waals surface area contributed by atoms with Gasteiger partial charge >= 0.3 is 6.03 Å². The second kappa shape index (κ2) is 8.46. The van der Waals surface area contributed by atoms with Gasteiger partial charge in [0, 0.05) is 57.2 Å². The number of hydrogen-bond donors (Lipinski definition) is 1. The lowest BCUT2D eigenvalue weighted by molar-refractivity contribution is -0.0872. The third kappa shape index (κ3) is 4.36. The fraction of sp³-hybridized carbons (Fsp3) is 0.650. The van der Waals surface area contributed by atoms with Crippen LogP contribution < -0.4 is 15.1 Å². The number of carbonyl (C=O) groups is 1. The Balaban J connectivity index is 1.29. The number of anilines is 2. The molecule has 3 heterocycles. The van der Waals surface area contributed by atoms with E-state index in [-0.39, 0.29) is 12.1 Å². The zero-order valence-electron chi connectivity index (χ0n) is 16.1. The monoisotopic (exact) mass is 374 g/mol. The number of likely N-dealkylation sites (N-methyl/N-ethyl adjacent to an activating group) is 1. The van der Waals surface area contributed by atoms with E-state index in [1.165, 1.54) is 5.69 Å². The van der Waals surface area contributed by atoms with E-state index in [9.17, 15) is 4.79 Å². The van der Waals surface area contributed by atoms with Crippen molar-refractivity contribution in [3.05, 3.63) is 24.3 Å². The molecule has 0 saturated carbocycles. The molecule has 3 aliphatic rings. The van der Waals surface area contributed by atoms with Crippen molar-refractivity contribution in [2.24, 2.45) is 0 Å². The molecule has 0 bridgehead atoms. The third-order valence-corrected chi connectivity index (χ3v) is 5.74. The standard InChI is InChI=1S/C20H30N4O3/c1-22-9-10-24(20(22)25)18-4-2-3-17(13-18)23-7-5-16(6-8-23)21-14-19-15-26-11-12-27-19/h2-4,13,16,19,21H,5-12,14-15H2,1H3. The van der Waals surface area contributed by atoms with Crippen LogP contribution in [0.3, 0.4) is 0 Å². The summed E-state index contributed by atoms with van der Waals surface area (Å²) in [6.07, 6.45) is 2.41. The normalized spacial score (nSPS) is 24.7. The maximum Gasteiger partial charge on any atom is 0.324 e. The number of benzene rings is 1. The van der Waals surface area contributed by atoms with Gasteiger partial charge in [0.1, 0.15) is 0 Å². The number of nitrogens with zero attached hydrogens (tertiary/aromatic N) is 3. The zero-order valence-corrected chi connectivity index (χ0v) is 16.1. The van der Waals surface area contributed by atoms with Crippen molar-refractivity contribution in [1.82, 2.24) is 10.2 Å². The average molecular weight is 374 g/mol. The Morgan fingerprint density at radius 1 is 1.11 bits per heavy atom. The van der Waals surface area contributed by atoms with Gasteiger partial charge in [0.25, 0.3) is 0 Å². The number of ether oxygens (including phenoxy) is 2. The first-order valence-corrected chi connectivity index (χ1v) is 10.0. The molecular weight excluding hydrogens is 344 g/mol. The van der Waals surface area contributed by atoms with Crippen LogP contribution in [-0.2, 0) is 9.47 Å². The van der Waals surface area contributed by atoms with Crippen LogP contribution in [0, 0.1) is 0 Å². The second-order valence-electron chi connectivity index (χ2n) is 7.61. The predicted octanol–water partition coefficient (Wildman–Crippen LogP) is 1.53. The SMILES string of the molecule is CN1CCN(c2cccc(N3CCC(NCC4COCCO4)CC3)c2)C1=O. The van der Waals surface area contributed by atoms with E-state index in [4.69, 9.17) is 9.47 Å². The molecule has 1 aromatic rings. The molecule has 0 aromatic heterocycles. The zero-order chi connectivity index (χ0) is 18.6. The molecule has 3 saturated heterocycles. The molecule has 27 heavy (non-hydrogen) atoms. The Hall–Kier alpha value is -1.83. The molecule has 4 rings (SSSR count).